The largest absolute Gasteiger partial charge is 0.353 e. The summed E-state index contributed by atoms with van der Waals surface area (Å²) in [7, 11) is 0. The fourth-order valence-corrected chi connectivity index (χ4v) is 3.50. The molecule has 2 heterocycles. The van der Waals surface area contributed by atoms with Crippen molar-refractivity contribution < 1.29 is 4.79 Å². The van der Waals surface area contributed by atoms with Crippen LogP contribution in [-0.4, -0.2) is 67.6 Å². The number of piperidine rings is 2. The molecule has 128 valence electrons. The molecule has 0 aromatic heterocycles. The monoisotopic (exact) mass is 310 g/mol. The molecule has 2 aliphatic heterocycles. The van der Waals surface area contributed by atoms with Gasteiger partial charge in [-0.25, -0.2) is 0 Å². The van der Waals surface area contributed by atoms with Crippen molar-refractivity contribution in [2.75, 3.05) is 45.8 Å². The van der Waals surface area contributed by atoms with E-state index in [0.717, 1.165) is 32.5 Å². The second-order valence-corrected chi connectivity index (χ2v) is 6.84. The van der Waals surface area contributed by atoms with E-state index in [9.17, 15) is 4.79 Å². The van der Waals surface area contributed by atoms with Crippen LogP contribution in [-0.2, 0) is 4.79 Å². The maximum Gasteiger partial charge on any atom is 0.236 e. The van der Waals surface area contributed by atoms with Gasteiger partial charge >= 0.3 is 0 Å². The van der Waals surface area contributed by atoms with Gasteiger partial charge in [0.05, 0.1) is 6.04 Å². The molecule has 22 heavy (non-hydrogen) atoms. The van der Waals surface area contributed by atoms with Gasteiger partial charge in [-0.05, 0) is 71.2 Å². The van der Waals surface area contributed by atoms with Crippen molar-refractivity contribution in [1.82, 2.24) is 15.1 Å². The lowest BCUT2D eigenvalue weighted by Gasteiger charge is -2.27. The summed E-state index contributed by atoms with van der Waals surface area (Å²) in [6.07, 6.45) is 9.78. The Labute approximate surface area is 135 Å². The molecule has 2 fully saturated rings. The molecule has 0 unspecified atom stereocenters. The number of nitrogens with one attached hydrogen (secondary N) is 1. The van der Waals surface area contributed by atoms with E-state index in [0.29, 0.717) is 0 Å². The highest BCUT2D eigenvalue weighted by atomic mass is 16.2. The predicted molar refractivity (Wildman–Crippen MR) is 90.8 cm³/mol. The number of hydrogen-bond acceptors (Lipinski definition) is 4. The van der Waals surface area contributed by atoms with Gasteiger partial charge in [-0.3, -0.25) is 4.79 Å². The molecule has 0 bridgehead atoms. The van der Waals surface area contributed by atoms with Gasteiger partial charge in [0.25, 0.3) is 0 Å². The van der Waals surface area contributed by atoms with Gasteiger partial charge in [-0.2, -0.15) is 0 Å². The van der Waals surface area contributed by atoms with Gasteiger partial charge in [0, 0.05) is 13.1 Å². The van der Waals surface area contributed by atoms with Crippen LogP contribution in [0.5, 0.6) is 0 Å². The van der Waals surface area contributed by atoms with Crippen LogP contribution in [0, 0.1) is 0 Å². The van der Waals surface area contributed by atoms with E-state index >= 15 is 0 Å². The molecule has 2 aliphatic rings. The fourth-order valence-electron chi connectivity index (χ4n) is 3.50. The average Bonchev–Trinajstić information content (AvgIpc) is 2.56. The first kappa shape index (κ1) is 17.7. The molecule has 0 aliphatic carbocycles. The van der Waals surface area contributed by atoms with E-state index in [1.807, 2.05) is 0 Å². The number of carbonyl (C=O) groups excluding carboxylic acids is 1. The van der Waals surface area contributed by atoms with E-state index < -0.39 is 0 Å². The lowest BCUT2D eigenvalue weighted by atomic mass is 10.1. The van der Waals surface area contributed by atoms with Crippen LogP contribution >= 0.6 is 0 Å². The summed E-state index contributed by atoms with van der Waals surface area (Å²) in [5.41, 5.74) is 6.01. The van der Waals surface area contributed by atoms with Crippen molar-refractivity contribution in [3.63, 3.8) is 0 Å². The van der Waals surface area contributed by atoms with Crippen LogP contribution in [0.15, 0.2) is 0 Å². The summed E-state index contributed by atoms with van der Waals surface area (Å²) in [6, 6.07) is -0.342. The lowest BCUT2D eigenvalue weighted by Crippen LogP contribution is -2.44. The SMILES string of the molecule is N[C@@H](CCCN1CCCCC1)C(=O)NCCN1CCCCC1. The Bertz CT molecular complexity index is 312. The number of rotatable bonds is 8. The molecular formula is C17H34N4O. The number of likely N-dealkylation sites (tertiary alicyclic amines) is 2. The smallest absolute Gasteiger partial charge is 0.236 e. The summed E-state index contributed by atoms with van der Waals surface area (Å²) >= 11 is 0. The summed E-state index contributed by atoms with van der Waals surface area (Å²) in [6.45, 7) is 7.59. The van der Waals surface area contributed by atoms with Crippen LogP contribution in [0.3, 0.4) is 0 Å². The van der Waals surface area contributed by atoms with Crippen molar-refractivity contribution in [3.05, 3.63) is 0 Å². The summed E-state index contributed by atoms with van der Waals surface area (Å²) in [5, 5.41) is 3.00. The van der Waals surface area contributed by atoms with Gasteiger partial charge in [0.2, 0.25) is 5.91 Å². The van der Waals surface area contributed by atoms with Gasteiger partial charge in [0.1, 0.15) is 0 Å². The van der Waals surface area contributed by atoms with Crippen LogP contribution in [0.25, 0.3) is 0 Å². The number of nitrogens with two attached hydrogens (primary N) is 1. The molecule has 1 amide bonds. The average molecular weight is 310 g/mol. The van der Waals surface area contributed by atoms with E-state index in [1.54, 1.807) is 0 Å². The first-order chi connectivity index (χ1) is 10.8. The molecule has 0 radical (unpaired) electrons. The van der Waals surface area contributed by atoms with Crippen molar-refractivity contribution in [1.29, 1.82) is 0 Å². The predicted octanol–water partition coefficient (Wildman–Crippen LogP) is 1.18. The first-order valence-electron chi connectivity index (χ1n) is 9.24. The van der Waals surface area contributed by atoms with Crippen LogP contribution in [0.2, 0.25) is 0 Å². The third-order valence-electron chi connectivity index (χ3n) is 4.95. The third-order valence-corrected chi connectivity index (χ3v) is 4.95. The maximum atomic E-state index is 12.0. The fraction of sp³-hybridized carbons (Fsp3) is 0.941. The summed E-state index contributed by atoms with van der Waals surface area (Å²) < 4.78 is 0. The Kier molecular flexibility index (Phi) is 8.20. The van der Waals surface area contributed by atoms with Crippen molar-refractivity contribution >= 4 is 5.91 Å². The van der Waals surface area contributed by atoms with E-state index in [4.69, 9.17) is 5.73 Å². The zero-order valence-electron chi connectivity index (χ0n) is 14.1. The molecule has 5 nitrogen and oxygen atoms in total. The Morgan fingerprint density at radius 3 is 2.05 bits per heavy atom. The van der Waals surface area contributed by atoms with Crippen LogP contribution in [0.1, 0.15) is 51.4 Å². The Balaban J connectivity index is 1.50. The highest BCUT2D eigenvalue weighted by molar-refractivity contribution is 5.81. The Morgan fingerprint density at radius 2 is 1.45 bits per heavy atom. The molecule has 0 aromatic carbocycles. The molecule has 0 aromatic rings. The molecule has 1 atom stereocenters. The minimum absolute atomic E-state index is 0.0238. The normalized spacial score (nSPS) is 22.4. The number of hydrogen-bond donors (Lipinski definition) is 2. The van der Waals surface area contributed by atoms with Gasteiger partial charge < -0.3 is 20.9 Å². The first-order valence-corrected chi connectivity index (χ1v) is 9.24. The minimum atomic E-state index is -0.342. The minimum Gasteiger partial charge on any atom is -0.353 e. The quantitative estimate of drug-likeness (QED) is 0.707. The maximum absolute atomic E-state index is 12.0. The summed E-state index contributed by atoms with van der Waals surface area (Å²) in [4.78, 5) is 16.9. The van der Waals surface area contributed by atoms with Gasteiger partial charge in [-0.1, -0.05) is 12.8 Å². The molecular weight excluding hydrogens is 276 g/mol. The zero-order chi connectivity index (χ0) is 15.6. The molecule has 3 N–H and O–H groups in total. The molecule has 2 rings (SSSR count). The number of nitrogens with zero attached hydrogens (tertiary/aromatic N) is 2. The summed E-state index contributed by atoms with van der Waals surface area (Å²) in [5.74, 6) is 0.0238. The van der Waals surface area contributed by atoms with Crippen molar-refractivity contribution in [2.24, 2.45) is 5.73 Å². The number of amides is 1. The molecule has 0 spiro atoms. The highest BCUT2D eigenvalue weighted by Crippen LogP contribution is 2.10. The number of carbonyl (C=O) groups is 1. The van der Waals surface area contributed by atoms with E-state index in [1.165, 1.54) is 64.7 Å². The molecule has 2 saturated heterocycles. The van der Waals surface area contributed by atoms with Crippen LogP contribution in [0.4, 0.5) is 0 Å². The Hall–Kier alpha value is -0.650. The molecule has 5 heteroatoms. The van der Waals surface area contributed by atoms with Crippen molar-refractivity contribution in [3.8, 4) is 0 Å². The topological polar surface area (TPSA) is 61.6 Å². The lowest BCUT2D eigenvalue weighted by molar-refractivity contribution is -0.122. The second kappa shape index (κ2) is 10.2. The Morgan fingerprint density at radius 1 is 0.909 bits per heavy atom. The van der Waals surface area contributed by atoms with Gasteiger partial charge in [0.15, 0.2) is 0 Å². The van der Waals surface area contributed by atoms with Crippen molar-refractivity contribution in [2.45, 2.75) is 57.4 Å². The second-order valence-electron chi connectivity index (χ2n) is 6.84. The highest BCUT2D eigenvalue weighted by Gasteiger charge is 2.15. The van der Waals surface area contributed by atoms with E-state index in [-0.39, 0.29) is 11.9 Å². The van der Waals surface area contributed by atoms with Crippen LogP contribution < -0.4 is 11.1 Å². The standard InChI is InChI=1S/C17H34N4O/c18-16(8-7-14-20-10-3-1-4-11-20)17(22)19-9-15-21-12-5-2-6-13-21/h16H,1-15,18H2,(H,19,22)/t16-/m0/s1. The van der Waals surface area contributed by atoms with Gasteiger partial charge in [-0.15, -0.1) is 0 Å². The van der Waals surface area contributed by atoms with E-state index in [2.05, 4.69) is 15.1 Å². The zero-order valence-corrected chi connectivity index (χ0v) is 14.1. The third kappa shape index (κ3) is 6.63. The molecule has 0 saturated carbocycles.